The van der Waals surface area contributed by atoms with Gasteiger partial charge in [0.25, 0.3) is 5.91 Å². The third-order valence-corrected chi connectivity index (χ3v) is 6.47. The first-order valence-corrected chi connectivity index (χ1v) is 11.9. The molecule has 1 amide bonds. The zero-order chi connectivity index (χ0) is 26.9. The number of nitrogens with zero attached hydrogens (tertiary/aromatic N) is 4. The number of carbonyl (C=O) groups excluding carboxylic acids is 1. The SMILES string of the molecule is COc1cccc(-c2cc(C(=O)N3CCN(c4cccc(C(F)(F)F)c4)CC3)n(-c3ccc(F)cc3)n2)c1. The summed E-state index contributed by atoms with van der Waals surface area (Å²) in [4.78, 5) is 17.1. The Labute approximate surface area is 216 Å². The van der Waals surface area contributed by atoms with Crippen LogP contribution in [0.25, 0.3) is 16.9 Å². The standard InChI is InChI=1S/C28H24F4N4O2/c1-38-24-7-2-4-19(16-24)25-18-26(36(33-25)22-10-8-21(29)9-11-22)27(37)35-14-12-34(13-15-35)23-6-3-5-20(17-23)28(30,31)32/h2-11,16-18H,12-15H2,1H3. The molecule has 196 valence electrons. The maximum absolute atomic E-state index is 13.7. The van der Waals surface area contributed by atoms with Gasteiger partial charge in [-0.25, -0.2) is 9.07 Å². The van der Waals surface area contributed by atoms with E-state index in [9.17, 15) is 22.4 Å². The van der Waals surface area contributed by atoms with Crippen molar-refractivity contribution in [1.29, 1.82) is 0 Å². The quantitative estimate of drug-likeness (QED) is 0.316. The second-order valence-corrected chi connectivity index (χ2v) is 8.86. The lowest BCUT2D eigenvalue weighted by atomic mass is 10.1. The molecule has 0 saturated carbocycles. The molecule has 2 heterocycles. The zero-order valence-corrected chi connectivity index (χ0v) is 20.5. The Kier molecular flexibility index (Phi) is 6.79. The van der Waals surface area contributed by atoms with Gasteiger partial charge < -0.3 is 14.5 Å². The summed E-state index contributed by atoms with van der Waals surface area (Å²) in [6.45, 7) is 1.39. The fraction of sp³-hybridized carbons (Fsp3) is 0.214. The molecular formula is C28H24F4N4O2. The second kappa shape index (κ2) is 10.2. The average molecular weight is 525 g/mol. The molecule has 10 heteroatoms. The number of hydrogen-bond acceptors (Lipinski definition) is 4. The van der Waals surface area contributed by atoms with Crippen LogP contribution in [0.15, 0.2) is 78.9 Å². The van der Waals surface area contributed by atoms with Crippen molar-refractivity contribution in [2.45, 2.75) is 6.18 Å². The van der Waals surface area contributed by atoms with Crippen LogP contribution in [0.5, 0.6) is 5.75 Å². The highest BCUT2D eigenvalue weighted by atomic mass is 19.4. The molecule has 38 heavy (non-hydrogen) atoms. The number of aromatic nitrogens is 2. The van der Waals surface area contributed by atoms with Crippen LogP contribution in [-0.4, -0.2) is 53.9 Å². The first-order valence-electron chi connectivity index (χ1n) is 11.9. The predicted molar refractivity (Wildman–Crippen MR) is 135 cm³/mol. The molecule has 1 aliphatic heterocycles. The molecule has 0 atom stereocenters. The Balaban J connectivity index is 1.41. The number of rotatable bonds is 5. The van der Waals surface area contributed by atoms with Crippen molar-refractivity contribution in [2.75, 3.05) is 38.2 Å². The highest BCUT2D eigenvalue weighted by molar-refractivity contribution is 5.94. The van der Waals surface area contributed by atoms with Crippen molar-refractivity contribution in [2.24, 2.45) is 0 Å². The van der Waals surface area contributed by atoms with Gasteiger partial charge in [-0.1, -0.05) is 18.2 Å². The Morgan fingerprint density at radius 2 is 1.58 bits per heavy atom. The average Bonchev–Trinajstić information content (AvgIpc) is 3.38. The maximum atomic E-state index is 13.7. The van der Waals surface area contributed by atoms with E-state index in [1.165, 1.54) is 22.9 Å². The number of methoxy groups -OCH3 is 1. The van der Waals surface area contributed by atoms with Crippen LogP contribution in [-0.2, 0) is 6.18 Å². The number of halogens is 4. The van der Waals surface area contributed by atoms with E-state index < -0.39 is 17.6 Å². The lowest BCUT2D eigenvalue weighted by Crippen LogP contribution is -2.49. The number of amides is 1. The van der Waals surface area contributed by atoms with Crippen LogP contribution in [0.3, 0.4) is 0 Å². The number of hydrogen-bond donors (Lipinski definition) is 0. The number of carbonyl (C=O) groups is 1. The highest BCUT2D eigenvalue weighted by Gasteiger charge is 2.32. The molecular weight excluding hydrogens is 500 g/mol. The normalized spacial score (nSPS) is 14.0. The van der Waals surface area contributed by atoms with E-state index in [4.69, 9.17) is 4.74 Å². The summed E-state index contributed by atoms with van der Waals surface area (Å²) in [5, 5.41) is 4.64. The molecule has 0 unspecified atom stereocenters. The Bertz CT molecular complexity index is 1440. The molecule has 5 rings (SSSR count). The molecule has 6 nitrogen and oxygen atoms in total. The molecule has 1 aromatic heterocycles. The first kappa shape index (κ1) is 25.3. The molecule has 0 radical (unpaired) electrons. The minimum absolute atomic E-state index is 0.278. The van der Waals surface area contributed by atoms with E-state index in [2.05, 4.69) is 5.10 Å². The van der Waals surface area contributed by atoms with Gasteiger partial charge in [-0.15, -0.1) is 0 Å². The van der Waals surface area contributed by atoms with Crippen molar-refractivity contribution in [3.8, 4) is 22.7 Å². The van der Waals surface area contributed by atoms with E-state index >= 15 is 0 Å². The van der Waals surface area contributed by atoms with Crippen LogP contribution in [0.1, 0.15) is 16.1 Å². The van der Waals surface area contributed by atoms with Gasteiger partial charge in [0.2, 0.25) is 0 Å². The van der Waals surface area contributed by atoms with Gasteiger partial charge in [0.05, 0.1) is 24.1 Å². The third kappa shape index (κ3) is 5.20. The van der Waals surface area contributed by atoms with Crippen LogP contribution >= 0.6 is 0 Å². The summed E-state index contributed by atoms with van der Waals surface area (Å²) in [6.07, 6.45) is -4.42. The topological polar surface area (TPSA) is 50.6 Å². The number of piperazine rings is 1. The Morgan fingerprint density at radius 1 is 0.868 bits per heavy atom. The van der Waals surface area contributed by atoms with Gasteiger partial charge in [0, 0.05) is 37.4 Å². The summed E-state index contributed by atoms with van der Waals surface area (Å²) in [5.41, 5.74) is 1.85. The summed E-state index contributed by atoms with van der Waals surface area (Å²) < 4.78 is 59.8. The summed E-state index contributed by atoms with van der Waals surface area (Å²) in [5.74, 6) is -0.0513. The van der Waals surface area contributed by atoms with Crippen molar-refractivity contribution in [3.63, 3.8) is 0 Å². The van der Waals surface area contributed by atoms with Gasteiger partial charge in [-0.05, 0) is 60.7 Å². The van der Waals surface area contributed by atoms with Gasteiger partial charge in [0.1, 0.15) is 17.3 Å². The van der Waals surface area contributed by atoms with Gasteiger partial charge in [-0.3, -0.25) is 4.79 Å². The van der Waals surface area contributed by atoms with Crippen LogP contribution < -0.4 is 9.64 Å². The molecule has 0 bridgehead atoms. The minimum Gasteiger partial charge on any atom is -0.497 e. The smallest absolute Gasteiger partial charge is 0.416 e. The third-order valence-electron chi connectivity index (χ3n) is 6.47. The lowest BCUT2D eigenvalue weighted by molar-refractivity contribution is -0.137. The van der Waals surface area contributed by atoms with Crippen LogP contribution in [0.4, 0.5) is 23.2 Å². The Morgan fingerprint density at radius 3 is 2.26 bits per heavy atom. The number of benzene rings is 3. The van der Waals surface area contributed by atoms with Crippen molar-refractivity contribution in [1.82, 2.24) is 14.7 Å². The second-order valence-electron chi connectivity index (χ2n) is 8.86. The van der Waals surface area contributed by atoms with Gasteiger partial charge >= 0.3 is 6.18 Å². The maximum Gasteiger partial charge on any atom is 0.416 e. The number of ether oxygens (including phenoxy) is 1. The molecule has 1 saturated heterocycles. The van der Waals surface area contributed by atoms with E-state index in [-0.39, 0.29) is 5.91 Å². The highest BCUT2D eigenvalue weighted by Crippen LogP contribution is 2.32. The fourth-order valence-electron chi connectivity index (χ4n) is 4.44. The predicted octanol–water partition coefficient (Wildman–Crippen LogP) is 5.67. The summed E-state index contributed by atoms with van der Waals surface area (Å²) in [7, 11) is 1.56. The fourth-order valence-corrected chi connectivity index (χ4v) is 4.44. The molecule has 0 aliphatic carbocycles. The van der Waals surface area contributed by atoms with Crippen molar-refractivity contribution < 1.29 is 27.1 Å². The Hall–Kier alpha value is -4.34. The van der Waals surface area contributed by atoms with Crippen molar-refractivity contribution >= 4 is 11.6 Å². The van der Waals surface area contributed by atoms with E-state index in [0.29, 0.717) is 54.7 Å². The molecule has 0 N–H and O–H groups in total. The molecule has 1 aliphatic rings. The van der Waals surface area contributed by atoms with Crippen LogP contribution in [0, 0.1) is 5.82 Å². The van der Waals surface area contributed by atoms with Gasteiger partial charge in [-0.2, -0.15) is 18.3 Å². The molecule has 0 spiro atoms. The van der Waals surface area contributed by atoms with E-state index in [0.717, 1.165) is 17.7 Å². The van der Waals surface area contributed by atoms with Gasteiger partial charge in [0.15, 0.2) is 0 Å². The monoisotopic (exact) mass is 524 g/mol. The van der Waals surface area contributed by atoms with E-state index in [1.54, 1.807) is 48.4 Å². The molecule has 1 fully saturated rings. The molecule has 3 aromatic carbocycles. The zero-order valence-electron chi connectivity index (χ0n) is 20.5. The van der Waals surface area contributed by atoms with E-state index in [1.807, 2.05) is 17.0 Å². The summed E-state index contributed by atoms with van der Waals surface area (Å²) >= 11 is 0. The first-order chi connectivity index (χ1) is 18.2. The lowest BCUT2D eigenvalue weighted by Gasteiger charge is -2.36. The summed E-state index contributed by atoms with van der Waals surface area (Å²) in [6, 6.07) is 19.8. The van der Waals surface area contributed by atoms with Crippen molar-refractivity contribution in [3.05, 3.63) is 95.9 Å². The minimum atomic E-state index is -4.42. The largest absolute Gasteiger partial charge is 0.497 e. The van der Waals surface area contributed by atoms with Crippen LogP contribution in [0.2, 0.25) is 0 Å². The molecule has 4 aromatic rings. The number of anilines is 1. The number of alkyl halides is 3.